The first-order chi connectivity index (χ1) is 14.9. The molecule has 1 amide bonds. The van der Waals surface area contributed by atoms with Crippen molar-refractivity contribution < 1.29 is 22.7 Å². The third-order valence-electron chi connectivity index (χ3n) is 5.32. The highest BCUT2D eigenvalue weighted by atomic mass is 19.3. The molecule has 0 unspecified atom stereocenters. The molecule has 6 nitrogen and oxygen atoms in total. The number of hydrogen-bond acceptors (Lipinski definition) is 4. The first-order valence-electron chi connectivity index (χ1n) is 9.89. The van der Waals surface area contributed by atoms with Crippen molar-refractivity contribution in [3.05, 3.63) is 66.1 Å². The van der Waals surface area contributed by atoms with E-state index in [1.807, 2.05) is 0 Å². The van der Waals surface area contributed by atoms with Crippen LogP contribution in [0.3, 0.4) is 0 Å². The zero-order valence-corrected chi connectivity index (χ0v) is 16.8. The van der Waals surface area contributed by atoms with Crippen molar-refractivity contribution >= 4 is 5.91 Å². The number of nitrogens with zero attached hydrogens (tertiary/aromatic N) is 4. The highest BCUT2D eigenvalue weighted by Gasteiger charge is 2.30. The topological polar surface area (TPSA) is 60.2 Å². The van der Waals surface area contributed by atoms with Crippen molar-refractivity contribution in [2.45, 2.75) is 38.5 Å². The lowest BCUT2D eigenvalue weighted by atomic mass is 9.90. The van der Waals surface area contributed by atoms with E-state index in [1.54, 1.807) is 47.4 Å². The molecule has 31 heavy (non-hydrogen) atoms. The fourth-order valence-corrected chi connectivity index (χ4v) is 3.51. The van der Waals surface area contributed by atoms with Crippen LogP contribution in [0.5, 0.6) is 5.75 Å². The number of pyridine rings is 1. The van der Waals surface area contributed by atoms with E-state index in [0.29, 0.717) is 23.5 Å². The molecule has 0 bridgehead atoms. The Morgan fingerprint density at radius 1 is 1.26 bits per heavy atom. The second-order valence-corrected chi connectivity index (χ2v) is 7.52. The van der Waals surface area contributed by atoms with Crippen molar-refractivity contribution in [1.82, 2.24) is 19.4 Å². The Kier molecular flexibility index (Phi) is 5.92. The summed E-state index contributed by atoms with van der Waals surface area (Å²) in [5.74, 6) is -1.56. The minimum atomic E-state index is -3.13. The van der Waals surface area contributed by atoms with Gasteiger partial charge in [-0.15, -0.1) is 0 Å². The summed E-state index contributed by atoms with van der Waals surface area (Å²) in [6, 6.07) is 7.39. The molecule has 0 spiro atoms. The second kappa shape index (κ2) is 8.79. The summed E-state index contributed by atoms with van der Waals surface area (Å²) in [5, 5.41) is 0. The minimum Gasteiger partial charge on any atom is -0.432 e. The fraction of sp³-hybridized carbons (Fsp3) is 0.318. The number of imidazole rings is 1. The quantitative estimate of drug-likeness (QED) is 0.557. The molecule has 0 saturated heterocycles. The molecule has 1 aliphatic rings. The number of halogens is 3. The molecule has 9 heteroatoms. The number of benzene rings is 1. The van der Waals surface area contributed by atoms with Gasteiger partial charge in [-0.2, -0.15) is 8.78 Å². The van der Waals surface area contributed by atoms with E-state index in [1.165, 1.54) is 12.1 Å². The van der Waals surface area contributed by atoms with Gasteiger partial charge in [0.2, 0.25) is 0 Å². The molecule has 0 atom stereocenters. The van der Waals surface area contributed by atoms with Crippen molar-refractivity contribution in [2.75, 3.05) is 0 Å². The largest absolute Gasteiger partial charge is 0.432 e. The standard InChI is InChI=1S/C22H21F3N4O2/c1-28-12-19(27-13-28)21(30)29(16-3-2-4-16)11-14-7-8-26-18(9-14)15-5-6-17(23)20(10-15)31-22(24)25/h5-10,12-13,16,22H,2-4,11H2,1H3. The van der Waals surface area contributed by atoms with Gasteiger partial charge in [-0.3, -0.25) is 9.78 Å². The van der Waals surface area contributed by atoms with Crippen molar-refractivity contribution in [3.8, 4) is 17.0 Å². The van der Waals surface area contributed by atoms with Crippen LogP contribution >= 0.6 is 0 Å². The Bertz CT molecular complexity index is 1080. The van der Waals surface area contributed by atoms with E-state index < -0.39 is 18.2 Å². The van der Waals surface area contributed by atoms with Gasteiger partial charge in [-0.1, -0.05) is 0 Å². The van der Waals surface area contributed by atoms with Gasteiger partial charge in [0.25, 0.3) is 5.91 Å². The average Bonchev–Trinajstić information content (AvgIpc) is 3.13. The Balaban J connectivity index is 1.59. The zero-order valence-electron chi connectivity index (χ0n) is 16.8. The Hall–Kier alpha value is -3.36. The number of amides is 1. The van der Waals surface area contributed by atoms with Crippen LogP contribution in [0, 0.1) is 5.82 Å². The molecule has 1 aromatic carbocycles. The number of alkyl halides is 2. The van der Waals surface area contributed by atoms with Crippen LogP contribution in [0.25, 0.3) is 11.3 Å². The number of carbonyl (C=O) groups is 1. The molecular formula is C22H21F3N4O2. The van der Waals surface area contributed by atoms with E-state index in [2.05, 4.69) is 14.7 Å². The van der Waals surface area contributed by atoms with Crippen LogP contribution in [0.1, 0.15) is 35.3 Å². The number of aryl methyl sites for hydroxylation is 1. The van der Waals surface area contributed by atoms with Crippen LogP contribution in [-0.2, 0) is 13.6 Å². The van der Waals surface area contributed by atoms with E-state index in [-0.39, 0.29) is 11.9 Å². The van der Waals surface area contributed by atoms with E-state index >= 15 is 0 Å². The zero-order chi connectivity index (χ0) is 22.0. The third-order valence-corrected chi connectivity index (χ3v) is 5.32. The van der Waals surface area contributed by atoms with Crippen molar-refractivity contribution in [1.29, 1.82) is 0 Å². The van der Waals surface area contributed by atoms with Crippen LogP contribution in [-0.4, -0.2) is 38.0 Å². The molecule has 3 aromatic rings. The van der Waals surface area contributed by atoms with Gasteiger partial charge in [-0.05, 0) is 55.2 Å². The summed E-state index contributed by atoms with van der Waals surface area (Å²) in [6.07, 6.45) is 7.79. The molecule has 0 radical (unpaired) electrons. The predicted octanol–water partition coefficient (Wildman–Crippen LogP) is 4.42. The van der Waals surface area contributed by atoms with Gasteiger partial charge in [0.1, 0.15) is 5.69 Å². The lowest BCUT2D eigenvalue weighted by Gasteiger charge is -2.37. The average molecular weight is 430 g/mol. The second-order valence-electron chi connectivity index (χ2n) is 7.52. The van der Waals surface area contributed by atoms with Gasteiger partial charge < -0.3 is 14.2 Å². The van der Waals surface area contributed by atoms with Gasteiger partial charge in [-0.25, -0.2) is 9.37 Å². The van der Waals surface area contributed by atoms with Gasteiger partial charge in [0.15, 0.2) is 11.6 Å². The molecule has 162 valence electrons. The summed E-state index contributed by atoms with van der Waals surface area (Å²) in [7, 11) is 1.81. The highest BCUT2D eigenvalue weighted by Crippen LogP contribution is 2.30. The Labute approximate surface area is 177 Å². The van der Waals surface area contributed by atoms with Gasteiger partial charge >= 0.3 is 6.61 Å². The molecule has 4 rings (SSSR count). The summed E-state index contributed by atoms with van der Waals surface area (Å²) < 4.78 is 44.8. The first-order valence-corrected chi connectivity index (χ1v) is 9.89. The maximum Gasteiger partial charge on any atom is 0.387 e. The van der Waals surface area contributed by atoms with Crippen molar-refractivity contribution in [3.63, 3.8) is 0 Å². The van der Waals surface area contributed by atoms with Gasteiger partial charge in [0, 0.05) is 37.6 Å². The number of carbonyl (C=O) groups excluding carboxylic acids is 1. The predicted molar refractivity (Wildman–Crippen MR) is 107 cm³/mol. The van der Waals surface area contributed by atoms with Gasteiger partial charge in [0.05, 0.1) is 12.0 Å². The summed E-state index contributed by atoms with van der Waals surface area (Å²) >= 11 is 0. The van der Waals surface area contributed by atoms with E-state index in [4.69, 9.17) is 0 Å². The normalized spacial score (nSPS) is 13.8. The molecule has 2 aromatic heterocycles. The minimum absolute atomic E-state index is 0.141. The lowest BCUT2D eigenvalue weighted by Crippen LogP contribution is -2.43. The number of ether oxygens (including phenoxy) is 1. The van der Waals surface area contributed by atoms with E-state index in [0.717, 1.165) is 30.9 Å². The van der Waals surface area contributed by atoms with Crippen LogP contribution in [0.4, 0.5) is 13.2 Å². The molecule has 1 aliphatic carbocycles. The SMILES string of the molecule is Cn1cnc(C(=O)N(Cc2ccnc(-c3ccc(F)c(OC(F)F)c3)c2)C2CCC2)c1. The van der Waals surface area contributed by atoms with Crippen molar-refractivity contribution in [2.24, 2.45) is 7.05 Å². The number of aromatic nitrogens is 3. The lowest BCUT2D eigenvalue weighted by molar-refractivity contribution is -0.0521. The summed E-state index contributed by atoms with van der Waals surface area (Å²) in [5.41, 5.74) is 2.11. The maximum atomic E-state index is 13.8. The maximum absolute atomic E-state index is 13.8. The first kappa shape index (κ1) is 20.9. The molecule has 1 fully saturated rings. The number of hydrogen-bond donors (Lipinski definition) is 0. The molecule has 0 aliphatic heterocycles. The summed E-state index contributed by atoms with van der Waals surface area (Å²) in [6.45, 7) is -2.77. The smallest absolute Gasteiger partial charge is 0.387 e. The Morgan fingerprint density at radius 3 is 2.71 bits per heavy atom. The van der Waals surface area contributed by atoms with E-state index in [9.17, 15) is 18.0 Å². The molecular weight excluding hydrogens is 409 g/mol. The summed E-state index contributed by atoms with van der Waals surface area (Å²) in [4.78, 5) is 23.3. The van der Waals surface area contributed by atoms with Crippen LogP contribution in [0.2, 0.25) is 0 Å². The fourth-order valence-electron chi connectivity index (χ4n) is 3.51. The third kappa shape index (κ3) is 4.70. The monoisotopic (exact) mass is 430 g/mol. The van der Waals surface area contributed by atoms with Crippen LogP contribution in [0.15, 0.2) is 49.1 Å². The highest BCUT2D eigenvalue weighted by molar-refractivity contribution is 5.92. The van der Waals surface area contributed by atoms with Crippen LogP contribution < -0.4 is 4.74 Å². The number of rotatable bonds is 7. The Morgan fingerprint density at radius 2 is 2.06 bits per heavy atom. The molecule has 1 saturated carbocycles. The molecule has 0 N–H and O–H groups in total. The molecule has 2 heterocycles.